The number of rotatable bonds is 3. The first-order chi connectivity index (χ1) is 9.69. The average Bonchev–Trinajstić information content (AvgIpc) is 2.84. The third kappa shape index (κ3) is 2.08. The predicted molar refractivity (Wildman–Crippen MR) is 76.1 cm³/mol. The van der Waals surface area contributed by atoms with Gasteiger partial charge in [0.15, 0.2) is 11.8 Å². The van der Waals surface area contributed by atoms with E-state index in [2.05, 4.69) is 15.3 Å². The van der Waals surface area contributed by atoms with Crippen LogP contribution in [0.4, 0.5) is 5.82 Å². The fourth-order valence-corrected chi connectivity index (χ4v) is 2.12. The van der Waals surface area contributed by atoms with Crippen molar-refractivity contribution in [3.05, 3.63) is 36.3 Å². The van der Waals surface area contributed by atoms with E-state index in [0.717, 1.165) is 11.4 Å². The number of fused-ring (bicyclic) bond motifs is 1. The molecule has 0 aliphatic carbocycles. The molecule has 7 nitrogen and oxygen atoms in total. The van der Waals surface area contributed by atoms with Crippen LogP contribution in [-0.2, 0) is 0 Å². The summed E-state index contributed by atoms with van der Waals surface area (Å²) in [6.45, 7) is 2.59. The second-order valence-corrected chi connectivity index (χ2v) is 4.37. The van der Waals surface area contributed by atoms with E-state index in [-0.39, 0.29) is 5.96 Å². The van der Waals surface area contributed by atoms with Crippen molar-refractivity contribution in [2.24, 2.45) is 16.5 Å². The van der Waals surface area contributed by atoms with Crippen LogP contribution in [0.2, 0.25) is 0 Å². The van der Waals surface area contributed by atoms with Crippen LogP contribution in [0.5, 0.6) is 5.75 Å². The SMILES string of the molecule is CCOc1ccc(-n2cnc3c2N=C(N)NC3N)cc1. The molecule has 2 aromatic rings. The van der Waals surface area contributed by atoms with Gasteiger partial charge in [0.25, 0.3) is 0 Å². The normalized spacial score (nSPS) is 17.1. The zero-order chi connectivity index (χ0) is 14.1. The fourth-order valence-electron chi connectivity index (χ4n) is 2.12. The van der Waals surface area contributed by atoms with E-state index in [1.807, 2.05) is 35.8 Å². The average molecular weight is 272 g/mol. The summed E-state index contributed by atoms with van der Waals surface area (Å²) in [4.78, 5) is 8.55. The Morgan fingerprint density at radius 2 is 2.10 bits per heavy atom. The van der Waals surface area contributed by atoms with Gasteiger partial charge in [-0.1, -0.05) is 0 Å². The minimum atomic E-state index is -0.438. The molecule has 0 amide bonds. The number of ether oxygens (including phenoxy) is 1. The highest BCUT2D eigenvalue weighted by Gasteiger charge is 2.22. The monoisotopic (exact) mass is 272 g/mol. The molecule has 104 valence electrons. The highest BCUT2D eigenvalue weighted by Crippen LogP contribution is 2.28. The molecule has 1 atom stereocenters. The second-order valence-electron chi connectivity index (χ2n) is 4.37. The summed E-state index contributed by atoms with van der Waals surface area (Å²) in [7, 11) is 0. The van der Waals surface area contributed by atoms with Crippen LogP contribution in [0.3, 0.4) is 0 Å². The number of guanidine groups is 1. The number of hydrogen-bond donors (Lipinski definition) is 3. The molecule has 1 unspecified atom stereocenters. The summed E-state index contributed by atoms with van der Waals surface area (Å²) in [5, 5.41) is 2.84. The largest absolute Gasteiger partial charge is 0.494 e. The standard InChI is InChI=1S/C13H16N6O/c1-2-20-9-5-3-8(4-6-9)19-7-16-10-11(14)17-13(15)18-12(10)19/h3-7,11H,2,14H2,1H3,(H3,15,17,18). The topological polar surface area (TPSA) is 103 Å². The van der Waals surface area contributed by atoms with Crippen LogP contribution in [0.25, 0.3) is 5.69 Å². The first kappa shape index (κ1) is 12.5. The summed E-state index contributed by atoms with van der Waals surface area (Å²) in [6.07, 6.45) is 1.25. The van der Waals surface area contributed by atoms with Gasteiger partial charge < -0.3 is 21.5 Å². The summed E-state index contributed by atoms with van der Waals surface area (Å²) in [6, 6.07) is 7.68. The molecule has 0 saturated carbocycles. The van der Waals surface area contributed by atoms with Crippen LogP contribution in [0.15, 0.2) is 35.6 Å². The van der Waals surface area contributed by atoms with Gasteiger partial charge in [-0.3, -0.25) is 4.57 Å². The molecule has 5 N–H and O–H groups in total. The zero-order valence-electron chi connectivity index (χ0n) is 11.1. The van der Waals surface area contributed by atoms with Crippen molar-refractivity contribution in [1.82, 2.24) is 14.9 Å². The van der Waals surface area contributed by atoms with Crippen LogP contribution < -0.4 is 21.5 Å². The maximum absolute atomic E-state index is 5.92. The van der Waals surface area contributed by atoms with Gasteiger partial charge in [-0.2, -0.15) is 4.99 Å². The highest BCUT2D eigenvalue weighted by atomic mass is 16.5. The van der Waals surface area contributed by atoms with Gasteiger partial charge in [0.1, 0.15) is 23.9 Å². The Balaban J connectivity index is 2.00. The minimum absolute atomic E-state index is 0.290. The van der Waals surface area contributed by atoms with Gasteiger partial charge in [0.05, 0.1) is 6.61 Å². The Labute approximate surface area is 116 Å². The molecular formula is C13H16N6O. The summed E-state index contributed by atoms with van der Waals surface area (Å²) in [5.74, 6) is 1.77. The van der Waals surface area contributed by atoms with E-state index in [0.29, 0.717) is 18.1 Å². The minimum Gasteiger partial charge on any atom is -0.494 e. The highest BCUT2D eigenvalue weighted by molar-refractivity contribution is 5.83. The van der Waals surface area contributed by atoms with Crippen molar-refractivity contribution in [2.75, 3.05) is 6.61 Å². The van der Waals surface area contributed by atoms with E-state index in [1.54, 1.807) is 6.33 Å². The van der Waals surface area contributed by atoms with Gasteiger partial charge >= 0.3 is 0 Å². The molecule has 3 rings (SSSR count). The van der Waals surface area contributed by atoms with E-state index in [9.17, 15) is 0 Å². The molecule has 0 radical (unpaired) electrons. The molecule has 1 aromatic carbocycles. The van der Waals surface area contributed by atoms with Gasteiger partial charge in [-0.25, -0.2) is 4.98 Å². The predicted octanol–water partition coefficient (Wildman–Crippen LogP) is 0.778. The third-order valence-corrected chi connectivity index (χ3v) is 3.02. The number of aromatic nitrogens is 2. The Hall–Kier alpha value is -2.54. The maximum atomic E-state index is 5.92. The lowest BCUT2D eigenvalue weighted by molar-refractivity contribution is 0.340. The van der Waals surface area contributed by atoms with Crippen LogP contribution in [0.1, 0.15) is 18.8 Å². The molecule has 0 spiro atoms. The van der Waals surface area contributed by atoms with E-state index < -0.39 is 6.17 Å². The lowest BCUT2D eigenvalue weighted by Gasteiger charge is -2.18. The lowest BCUT2D eigenvalue weighted by Crippen LogP contribution is -2.41. The number of nitrogens with zero attached hydrogens (tertiary/aromatic N) is 3. The molecule has 1 aromatic heterocycles. The van der Waals surface area contributed by atoms with Crippen molar-refractivity contribution >= 4 is 11.8 Å². The molecule has 1 aliphatic rings. The van der Waals surface area contributed by atoms with E-state index in [4.69, 9.17) is 16.2 Å². The number of aliphatic imine (C=N–C) groups is 1. The molecule has 0 fully saturated rings. The fraction of sp³-hybridized carbons (Fsp3) is 0.231. The first-order valence-corrected chi connectivity index (χ1v) is 6.36. The second kappa shape index (κ2) is 4.86. The Morgan fingerprint density at radius 3 is 2.80 bits per heavy atom. The van der Waals surface area contributed by atoms with Crippen molar-refractivity contribution in [3.8, 4) is 11.4 Å². The number of benzene rings is 1. The molecule has 0 saturated heterocycles. The molecule has 0 bridgehead atoms. The van der Waals surface area contributed by atoms with Crippen LogP contribution in [0, 0.1) is 0 Å². The number of imidazole rings is 1. The van der Waals surface area contributed by atoms with Gasteiger partial charge in [-0.05, 0) is 31.2 Å². The van der Waals surface area contributed by atoms with Crippen LogP contribution in [-0.4, -0.2) is 22.1 Å². The third-order valence-electron chi connectivity index (χ3n) is 3.02. The molecule has 1 aliphatic heterocycles. The quantitative estimate of drug-likeness (QED) is 0.766. The van der Waals surface area contributed by atoms with E-state index >= 15 is 0 Å². The van der Waals surface area contributed by atoms with Gasteiger partial charge in [0, 0.05) is 5.69 Å². The Morgan fingerprint density at radius 1 is 1.35 bits per heavy atom. The van der Waals surface area contributed by atoms with Crippen molar-refractivity contribution in [2.45, 2.75) is 13.1 Å². The molecule has 7 heteroatoms. The maximum Gasteiger partial charge on any atom is 0.196 e. The summed E-state index contributed by atoms with van der Waals surface area (Å²) in [5.41, 5.74) is 13.2. The van der Waals surface area contributed by atoms with Crippen molar-refractivity contribution in [1.29, 1.82) is 0 Å². The number of hydrogen-bond acceptors (Lipinski definition) is 6. The van der Waals surface area contributed by atoms with E-state index in [1.165, 1.54) is 0 Å². The van der Waals surface area contributed by atoms with Crippen LogP contribution >= 0.6 is 0 Å². The molecular weight excluding hydrogens is 256 g/mol. The van der Waals surface area contributed by atoms with Crippen molar-refractivity contribution in [3.63, 3.8) is 0 Å². The molecule has 2 heterocycles. The molecule has 20 heavy (non-hydrogen) atoms. The van der Waals surface area contributed by atoms with Gasteiger partial charge in [-0.15, -0.1) is 0 Å². The Kier molecular flexibility index (Phi) is 3.03. The first-order valence-electron chi connectivity index (χ1n) is 6.36. The lowest BCUT2D eigenvalue weighted by atomic mass is 10.3. The van der Waals surface area contributed by atoms with Gasteiger partial charge in [0.2, 0.25) is 0 Å². The van der Waals surface area contributed by atoms with Crippen molar-refractivity contribution < 1.29 is 4.74 Å². The number of nitrogens with one attached hydrogen (secondary N) is 1. The summed E-state index contributed by atoms with van der Waals surface area (Å²) < 4.78 is 7.27. The number of nitrogens with two attached hydrogens (primary N) is 2. The summed E-state index contributed by atoms with van der Waals surface area (Å²) >= 11 is 0. The Bertz CT molecular complexity index is 645. The zero-order valence-corrected chi connectivity index (χ0v) is 11.1. The smallest absolute Gasteiger partial charge is 0.196 e.